The van der Waals surface area contributed by atoms with Crippen LogP contribution in [0.5, 0.6) is 0 Å². The number of hydrogen-bond acceptors (Lipinski definition) is 3. The second-order valence-electron chi connectivity index (χ2n) is 4.06. The van der Waals surface area contributed by atoms with E-state index in [1.54, 1.807) is 11.3 Å². The largest absolute Gasteiger partial charge is 0.326 e. The van der Waals surface area contributed by atoms with Gasteiger partial charge in [-0.1, -0.05) is 11.6 Å². The highest BCUT2D eigenvalue weighted by atomic mass is 35.5. The third kappa shape index (κ3) is 4.01. The third-order valence-corrected chi connectivity index (χ3v) is 3.75. The van der Waals surface area contributed by atoms with E-state index in [0.717, 1.165) is 10.7 Å². The molecule has 1 heterocycles. The maximum absolute atomic E-state index is 13.0. The van der Waals surface area contributed by atoms with Gasteiger partial charge in [0.2, 0.25) is 5.91 Å². The first-order valence-electron chi connectivity index (χ1n) is 5.70. The number of nitrogens with zero attached hydrogens (tertiary/aromatic N) is 1. The summed E-state index contributed by atoms with van der Waals surface area (Å²) in [5.74, 6) is -0.645. The van der Waals surface area contributed by atoms with Crippen LogP contribution in [0.2, 0.25) is 5.02 Å². The summed E-state index contributed by atoms with van der Waals surface area (Å²) in [4.78, 5) is 16.0. The zero-order chi connectivity index (χ0) is 13.8. The topological polar surface area (TPSA) is 42.0 Å². The van der Waals surface area contributed by atoms with Crippen molar-refractivity contribution in [2.45, 2.75) is 19.8 Å². The highest BCUT2D eigenvalue weighted by molar-refractivity contribution is 7.09. The number of aromatic nitrogens is 1. The van der Waals surface area contributed by atoms with Crippen LogP contribution in [-0.2, 0) is 11.2 Å². The van der Waals surface area contributed by atoms with E-state index in [9.17, 15) is 9.18 Å². The summed E-state index contributed by atoms with van der Waals surface area (Å²) in [6.45, 7) is 1.92. The first-order chi connectivity index (χ1) is 9.04. The predicted molar refractivity (Wildman–Crippen MR) is 75.2 cm³/mol. The molecule has 0 aliphatic heterocycles. The van der Waals surface area contributed by atoms with E-state index < -0.39 is 5.82 Å². The standard InChI is InChI=1S/C13H12ClFN2OS/c1-8-7-19-13(16-8)5-4-12(18)17-9-2-3-11(15)10(14)6-9/h2-3,6-7H,4-5H2,1H3,(H,17,18). The van der Waals surface area contributed by atoms with E-state index in [2.05, 4.69) is 10.3 Å². The molecule has 0 atom stereocenters. The van der Waals surface area contributed by atoms with Crippen LogP contribution in [0.15, 0.2) is 23.6 Å². The lowest BCUT2D eigenvalue weighted by molar-refractivity contribution is -0.116. The first kappa shape index (κ1) is 14.0. The molecule has 1 aromatic heterocycles. The molecule has 2 aromatic rings. The molecular weight excluding hydrogens is 287 g/mol. The second kappa shape index (κ2) is 6.12. The number of aryl methyl sites for hydroxylation is 2. The molecule has 0 unspecified atom stereocenters. The molecule has 19 heavy (non-hydrogen) atoms. The molecule has 6 heteroatoms. The number of amides is 1. The Kier molecular flexibility index (Phi) is 4.50. The Labute approximate surface area is 119 Å². The molecule has 0 aliphatic carbocycles. The minimum atomic E-state index is -0.502. The molecule has 100 valence electrons. The van der Waals surface area contributed by atoms with Gasteiger partial charge in [-0.05, 0) is 25.1 Å². The highest BCUT2D eigenvalue weighted by Gasteiger charge is 2.07. The van der Waals surface area contributed by atoms with Crippen LogP contribution >= 0.6 is 22.9 Å². The number of carbonyl (C=O) groups excluding carboxylic acids is 1. The van der Waals surface area contributed by atoms with Gasteiger partial charge in [0.1, 0.15) is 5.82 Å². The smallest absolute Gasteiger partial charge is 0.224 e. The number of halogens is 2. The van der Waals surface area contributed by atoms with Crippen molar-refractivity contribution in [2.24, 2.45) is 0 Å². The summed E-state index contributed by atoms with van der Waals surface area (Å²) in [5, 5.41) is 5.55. The first-order valence-corrected chi connectivity index (χ1v) is 6.96. The van der Waals surface area contributed by atoms with E-state index in [1.807, 2.05) is 12.3 Å². The fourth-order valence-corrected chi connectivity index (χ4v) is 2.49. The van der Waals surface area contributed by atoms with Gasteiger partial charge in [0, 0.05) is 29.6 Å². The van der Waals surface area contributed by atoms with Gasteiger partial charge in [-0.25, -0.2) is 9.37 Å². The summed E-state index contributed by atoms with van der Waals surface area (Å²) in [6, 6.07) is 4.09. The number of anilines is 1. The number of rotatable bonds is 4. The average Bonchev–Trinajstić information content (AvgIpc) is 2.77. The molecule has 3 nitrogen and oxygen atoms in total. The molecule has 0 saturated carbocycles. The van der Waals surface area contributed by atoms with Crippen LogP contribution < -0.4 is 5.32 Å². The van der Waals surface area contributed by atoms with Crippen LogP contribution in [0.1, 0.15) is 17.1 Å². The molecule has 0 saturated heterocycles. The molecule has 0 bridgehead atoms. The van der Waals surface area contributed by atoms with Gasteiger partial charge >= 0.3 is 0 Å². The molecule has 0 fully saturated rings. The van der Waals surface area contributed by atoms with Crippen LogP contribution in [-0.4, -0.2) is 10.9 Å². The van der Waals surface area contributed by atoms with Crippen LogP contribution in [0, 0.1) is 12.7 Å². The second-order valence-corrected chi connectivity index (χ2v) is 5.41. The molecule has 2 rings (SSSR count). The van der Waals surface area contributed by atoms with Gasteiger partial charge in [0.25, 0.3) is 0 Å². The lowest BCUT2D eigenvalue weighted by atomic mass is 10.2. The molecular formula is C13H12ClFN2OS. The summed E-state index contributed by atoms with van der Waals surface area (Å²) >= 11 is 7.18. The van der Waals surface area contributed by atoms with E-state index in [4.69, 9.17) is 11.6 Å². The summed E-state index contributed by atoms with van der Waals surface area (Å²) in [7, 11) is 0. The van der Waals surface area contributed by atoms with Crippen LogP contribution in [0.4, 0.5) is 10.1 Å². The summed E-state index contributed by atoms with van der Waals surface area (Å²) < 4.78 is 13.0. The van der Waals surface area contributed by atoms with E-state index >= 15 is 0 Å². The monoisotopic (exact) mass is 298 g/mol. The zero-order valence-corrected chi connectivity index (χ0v) is 11.8. The molecule has 0 spiro atoms. The number of nitrogens with one attached hydrogen (secondary N) is 1. The number of hydrogen-bond donors (Lipinski definition) is 1. The Morgan fingerprint density at radius 1 is 1.53 bits per heavy atom. The number of carbonyl (C=O) groups is 1. The number of benzene rings is 1. The lowest BCUT2D eigenvalue weighted by Gasteiger charge is -2.05. The van der Waals surface area contributed by atoms with Crippen molar-refractivity contribution >= 4 is 34.5 Å². The van der Waals surface area contributed by atoms with E-state index in [1.165, 1.54) is 18.2 Å². The van der Waals surface area contributed by atoms with Gasteiger partial charge in [-0.2, -0.15) is 0 Å². The minimum absolute atomic E-state index is 0.00616. The Bertz CT molecular complexity index is 600. The molecule has 1 aromatic carbocycles. The molecule has 1 N–H and O–H groups in total. The van der Waals surface area contributed by atoms with Crippen molar-refractivity contribution in [3.05, 3.63) is 45.1 Å². The van der Waals surface area contributed by atoms with Crippen molar-refractivity contribution in [1.29, 1.82) is 0 Å². The molecule has 0 radical (unpaired) electrons. The summed E-state index contributed by atoms with van der Waals surface area (Å²) in [6.07, 6.45) is 0.932. The van der Waals surface area contributed by atoms with Crippen molar-refractivity contribution < 1.29 is 9.18 Å². The fraction of sp³-hybridized carbons (Fsp3) is 0.231. The molecule has 1 amide bonds. The maximum atomic E-state index is 13.0. The van der Waals surface area contributed by atoms with Crippen molar-refractivity contribution in [1.82, 2.24) is 4.98 Å². The minimum Gasteiger partial charge on any atom is -0.326 e. The van der Waals surface area contributed by atoms with Crippen LogP contribution in [0.3, 0.4) is 0 Å². The highest BCUT2D eigenvalue weighted by Crippen LogP contribution is 2.19. The average molecular weight is 299 g/mol. The lowest BCUT2D eigenvalue weighted by Crippen LogP contribution is -2.12. The quantitative estimate of drug-likeness (QED) is 0.932. The normalized spacial score (nSPS) is 10.5. The van der Waals surface area contributed by atoms with Crippen molar-refractivity contribution in [3.8, 4) is 0 Å². The molecule has 0 aliphatic rings. The van der Waals surface area contributed by atoms with E-state index in [0.29, 0.717) is 18.5 Å². The van der Waals surface area contributed by atoms with E-state index in [-0.39, 0.29) is 10.9 Å². The van der Waals surface area contributed by atoms with Crippen LogP contribution in [0.25, 0.3) is 0 Å². The Balaban J connectivity index is 1.88. The van der Waals surface area contributed by atoms with Gasteiger partial charge in [-0.3, -0.25) is 4.79 Å². The van der Waals surface area contributed by atoms with Crippen molar-refractivity contribution in [2.75, 3.05) is 5.32 Å². The van der Waals surface area contributed by atoms with Gasteiger partial charge in [-0.15, -0.1) is 11.3 Å². The predicted octanol–water partition coefficient (Wildman–Crippen LogP) is 3.82. The zero-order valence-electron chi connectivity index (χ0n) is 10.2. The SMILES string of the molecule is Cc1csc(CCC(=O)Nc2ccc(F)c(Cl)c2)n1. The maximum Gasteiger partial charge on any atom is 0.224 e. The number of thiazole rings is 1. The van der Waals surface area contributed by atoms with Crippen molar-refractivity contribution in [3.63, 3.8) is 0 Å². The Morgan fingerprint density at radius 2 is 2.32 bits per heavy atom. The van der Waals surface area contributed by atoms with Gasteiger partial charge in [0.05, 0.1) is 10.0 Å². The van der Waals surface area contributed by atoms with Gasteiger partial charge in [0.15, 0.2) is 0 Å². The summed E-state index contributed by atoms with van der Waals surface area (Å²) in [5.41, 5.74) is 1.46. The third-order valence-electron chi connectivity index (χ3n) is 2.44. The van der Waals surface area contributed by atoms with Gasteiger partial charge < -0.3 is 5.32 Å². The fourth-order valence-electron chi connectivity index (χ4n) is 1.54. The Morgan fingerprint density at radius 3 is 2.95 bits per heavy atom. The Hall–Kier alpha value is -1.46.